The minimum Gasteiger partial charge on any atom is -0.389 e. The molecule has 1 fully saturated rings. The normalized spacial score (nSPS) is 21.6. The quantitative estimate of drug-likeness (QED) is 0.869. The fraction of sp³-hybridized carbons (Fsp3) is 0.538. The summed E-state index contributed by atoms with van der Waals surface area (Å²) in [6.45, 7) is 2.78. The number of halogens is 3. The molecule has 2 rings (SSSR count). The number of pyridine rings is 1. The molecule has 0 aromatic carbocycles. The largest absolute Gasteiger partial charge is 0.433 e. The number of aromatic nitrogens is 1. The first-order valence-corrected chi connectivity index (χ1v) is 6.70. The Labute approximate surface area is 121 Å². The second kappa shape index (κ2) is 5.20. The Balaban J connectivity index is 2.33. The Bertz CT molecular complexity index is 530. The van der Waals surface area contributed by atoms with Crippen LogP contribution in [0.1, 0.15) is 24.6 Å². The van der Waals surface area contributed by atoms with Crippen LogP contribution in [0.3, 0.4) is 0 Å². The van der Waals surface area contributed by atoms with Crippen LogP contribution in [-0.2, 0) is 6.18 Å². The highest BCUT2D eigenvalue weighted by atomic mass is 32.1. The molecule has 7 heteroatoms. The molecule has 0 bridgehead atoms. The molecular formula is C13H16F3N3S. The van der Waals surface area contributed by atoms with Gasteiger partial charge in [-0.1, -0.05) is 19.1 Å². The van der Waals surface area contributed by atoms with Gasteiger partial charge in [-0.05, 0) is 30.4 Å². The molecule has 1 aromatic heterocycles. The van der Waals surface area contributed by atoms with Gasteiger partial charge >= 0.3 is 6.18 Å². The number of hydrogen-bond acceptors (Lipinski definition) is 3. The third-order valence-electron chi connectivity index (χ3n) is 3.58. The summed E-state index contributed by atoms with van der Waals surface area (Å²) in [6, 6.07) is 2.20. The summed E-state index contributed by atoms with van der Waals surface area (Å²) in [5, 5.41) is 0. The molecule has 1 aliphatic rings. The fourth-order valence-corrected chi connectivity index (χ4v) is 2.34. The second-order valence-electron chi connectivity index (χ2n) is 5.28. The summed E-state index contributed by atoms with van der Waals surface area (Å²) >= 11 is 4.89. The summed E-state index contributed by atoms with van der Waals surface area (Å²) in [5.74, 6) is 1.30. The van der Waals surface area contributed by atoms with Crippen LogP contribution in [0.25, 0.3) is 0 Å². The molecule has 0 aliphatic heterocycles. The maximum absolute atomic E-state index is 12.8. The van der Waals surface area contributed by atoms with E-state index in [1.807, 2.05) is 0 Å². The van der Waals surface area contributed by atoms with Crippen LogP contribution in [0, 0.1) is 11.8 Å². The lowest BCUT2D eigenvalue weighted by Crippen LogP contribution is -2.26. The molecule has 1 aliphatic carbocycles. The molecule has 110 valence electrons. The highest BCUT2D eigenvalue weighted by Crippen LogP contribution is 2.39. The number of anilines is 1. The van der Waals surface area contributed by atoms with Crippen molar-refractivity contribution < 1.29 is 13.2 Å². The van der Waals surface area contributed by atoms with E-state index in [1.165, 1.54) is 6.07 Å². The van der Waals surface area contributed by atoms with Crippen molar-refractivity contribution in [2.45, 2.75) is 19.5 Å². The van der Waals surface area contributed by atoms with Crippen molar-refractivity contribution in [3.05, 3.63) is 23.4 Å². The molecule has 1 saturated carbocycles. The van der Waals surface area contributed by atoms with E-state index in [4.69, 9.17) is 18.0 Å². The van der Waals surface area contributed by atoms with E-state index in [2.05, 4.69) is 11.9 Å². The topological polar surface area (TPSA) is 42.2 Å². The standard InChI is InChI=1S/C13H16F3N3S/c1-7-5-8(7)6-19(2)12-9(11(17)20)3-4-10(18-12)13(14,15)16/h3-4,7-8H,5-6H2,1-2H3,(H2,17,20). The number of alkyl halides is 3. The molecule has 1 aromatic rings. The van der Waals surface area contributed by atoms with E-state index in [-0.39, 0.29) is 10.8 Å². The van der Waals surface area contributed by atoms with Crippen molar-refractivity contribution in [1.29, 1.82) is 0 Å². The summed E-state index contributed by atoms with van der Waals surface area (Å²) in [5.41, 5.74) is 5.02. The molecular weight excluding hydrogens is 287 g/mol. The zero-order valence-electron chi connectivity index (χ0n) is 11.2. The van der Waals surface area contributed by atoms with Crippen LogP contribution < -0.4 is 10.6 Å². The summed E-state index contributed by atoms with van der Waals surface area (Å²) in [4.78, 5) is 5.46. The van der Waals surface area contributed by atoms with Gasteiger partial charge in [0.15, 0.2) is 0 Å². The van der Waals surface area contributed by atoms with Gasteiger partial charge < -0.3 is 10.6 Å². The number of rotatable bonds is 4. The average Bonchev–Trinajstić information content (AvgIpc) is 3.02. The molecule has 3 nitrogen and oxygen atoms in total. The Morgan fingerprint density at radius 1 is 1.50 bits per heavy atom. The third kappa shape index (κ3) is 3.20. The maximum Gasteiger partial charge on any atom is 0.433 e. The monoisotopic (exact) mass is 303 g/mol. The van der Waals surface area contributed by atoms with Gasteiger partial charge in [0, 0.05) is 13.6 Å². The first kappa shape index (κ1) is 15.0. The zero-order chi connectivity index (χ0) is 15.1. The SMILES string of the molecule is CC1CC1CN(C)c1nc(C(F)(F)F)ccc1C(N)=S. The molecule has 1 heterocycles. The van der Waals surface area contributed by atoms with Crippen LogP contribution in [0.15, 0.2) is 12.1 Å². The van der Waals surface area contributed by atoms with E-state index in [1.54, 1.807) is 11.9 Å². The molecule has 2 atom stereocenters. The Morgan fingerprint density at radius 2 is 2.10 bits per heavy atom. The first-order valence-electron chi connectivity index (χ1n) is 6.29. The number of hydrogen-bond donors (Lipinski definition) is 1. The van der Waals surface area contributed by atoms with E-state index in [0.29, 0.717) is 23.9 Å². The Hall–Kier alpha value is -1.37. The Morgan fingerprint density at radius 3 is 2.55 bits per heavy atom. The summed E-state index contributed by atoms with van der Waals surface area (Å²) in [6.07, 6.45) is -3.39. The Kier molecular flexibility index (Phi) is 3.90. The van der Waals surface area contributed by atoms with Crippen molar-refractivity contribution in [3.63, 3.8) is 0 Å². The number of thiocarbonyl (C=S) groups is 1. The van der Waals surface area contributed by atoms with Gasteiger partial charge in [0.25, 0.3) is 0 Å². The van der Waals surface area contributed by atoms with Crippen LogP contribution in [0.4, 0.5) is 19.0 Å². The highest BCUT2D eigenvalue weighted by Gasteiger charge is 2.36. The van der Waals surface area contributed by atoms with Crippen LogP contribution in [0.5, 0.6) is 0 Å². The van der Waals surface area contributed by atoms with Gasteiger partial charge in [0.05, 0.1) is 5.56 Å². The molecule has 0 radical (unpaired) electrons. The second-order valence-corrected chi connectivity index (χ2v) is 5.72. The van der Waals surface area contributed by atoms with Crippen molar-refractivity contribution in [2.75, 3.05) is 18.5 Å². The maximum atomic E-state index is 12.8. The van der Waals surface area contributed by atoms with Gasteiger partial charge in [-0.25, -0.2) is 4.98 Å². The van der Waals surface area contributed by atoms with Gasteiger partial charge in [0.1, 0.15) is 16.5 Å². The van der Waals surface area contributed by atoms with Crippen LogP contribution in [-0.4, -0.2) is 23.6 Å². The van der Waals surface area contributed by atoms with E-state index >= 15 is 0 Å². The molecule has 0 amide bonds. The van der Waals surface area contributed by atoms with Crippen molar-refractivity contribution in [1.82, 2.24) is 4.98 Å². The molecule has 20 heavy (non-hydrogen) atoms. The lowest BCUT2D eigenvalue weighted by molar-refractivity contribution is -0.141. The molecule has 0 saturated heterocycles. The predicted octanol–water partition coefficient (Wildman–Crippen LogP) is 2.83. The third-order valence-corrected chi connectivity index (χ3v) is 3.80. The predicted molar refractivity (Wildman–Crippen MR) is 75.7 cm³/mol. The highest BCUT2D eigenvalue weighted by molar-refractivity contribution is 7.80. The summed E-state index contributed by atoms with van der Waals surface area (Å²) in [7, 11) is 1.72. The van der Waals surface area contributed by atoms with Crippen LogP contribution >= 0.6 is 12.2 Å². The zero-order valence-corrected chi connectivity index (χ0v) is 12.1. The molecule has 2 N–H and O–H groups in total. The first-order chi connectivity index (χ1) is 9.20. The van der Waals surface area contributed by atoms with E-state index < -0.39 is 11.9 Å². The van der Waals surface area contributed by atoms with Crippen LogP contribution in [0.2, 0.25) is 0 Å². The average molecular weight is 303 g/mol. The molecule has 2 unspecified atom stereocenters. The van der Waals surface area contributed by atoms with Crippen molar-refractivity contribution >= 4 is 23.0 Å². The lowest BCUT2D eigenvalue weighted by atomic mass is 10.2. The number of nitrogens with zero attached hydrogens (tertiary/aromatic N) is 2. The fourth-order valence-electron chi connectivity index (χ4n) is 2.18. The number of nitrogens with two attached hydrogens (primary N) is 1. The molecule has 0 spiro atoms. The van der Waals surface area contributed by atoms with Gasteiger partial charge in [-0.15, -0.1) is 0 Å². The minimum absolute atomic E-state index is 0.0527. The van der Waals surface area contributed by atoms with Crippen molar-refractivity contribution in [3.8, 4) is 0 Å². The van der Waals surface area contributed by atoms with Gasteiger partial charge in [-0.2, -0.15) is 13.2 Å². The minimum atomic E-state index is -4.47. The van der Waals surface area contributed by atoms with E-state index in [0.717, 1.165) is 12.5 Å². The van der Waals surface area contributed by atoms with Crippen molar-refractivity contribution in [2.24, 2.45) is 17.6 Å². The van der Waals surface area contributed by atoms with Gasteiger partial charge in [-0.3, -0.25) is 0 Å². The van der Waals surface area contributed by atoms with E-state index in [9.17, 15) is 13.2 Å². The summed E-state index contributed by atoms with van der Waals surface area (Å²) < 4.78 is 38.3. The lowest BCUT2D eigenvalue weighted by Gasteiger charge is -2.22. The smallest absolute Gasteiger partial charge is 0.389 e. The van der Waals surface area contributed by atoms with Gasteiger partial charge in [0.2, 0.25) is 0 Å².